The molecule has 0 aromatic heterocycles. The number of fused-ring (bicyclic) bond motifs is 2. The Balaban J connectivity index is 1.24. The average molecular weight is 693 g/mol. The first-order valence-corrected chi connectivity index (χ1v) is 15.9. The van der Waals surface area contributed by atoms with E-state index in [2.05, 4.69) is 50.1 Å². The van der Waals surface area contributed by atoms with Crippen molar-refractivity contribution in [1.82, 2.24) is 9.80 Å². The molecule has 6 nitrogen and oxygen atoms in total. The highest BCUT2D eigenvalue weighted by atomic mass is 79.9. The summed E-state index contributed by atoms with van der Waals surface area (Å²) >= 11 is 13.8. The van der Waals surface area contributed by atoms with Crippen LogP contribution in [0.5, 0.6) is 0 Å². The normalized spacial score (nSPS) is 20.2. The molecule has 0 N–H and O–H groups in total. The van der Waals surface area contributed by atoms with E-state index in [1.54, 1.807) is 4.90 Å². The van der Waals surface area contributed by atoms with Gasteiger partial charge >= 0.3 is 6.09 Å². The summed E-state index contributed by atoms with van der Waals surface area (Å²) in [7, 11) is 0. The minimum absolute atomic E-state index is 0.220. The first-order valence-electron chi connectivity index (χ1n) is 13.9. The molecular formula is C31H35Br2ClN3O3-. The van der Waals surface area contributed by atoms with Crippen molar-refractivity contribution in [3.8, 4) is 0 Å². The number of carbonyl (C=O) groups is 2. The molecule has 214 valence electrons. The number of likely N-dealkylation sites (tertiary alicyclic amines) is 2. The lowest BCUT2D eigenvalue weighted by molar-refractivity contribution is -0.133. The van der Waals surface area contributed by atoms with Crippen LogP contribution < -0.4 is 0 Å². The topological polar surface area (TPSA) is 64.0 Å². The molecule has 0 saturated carbocycles. The second-order valence-electron chi connectivity index (χ2n) is 12.0. The average Bonchev–Trinajstić information content (AvgIpc) is 3.05. The second kappa shape index (κ2) is 12.1. The summed E-state index contributed by atoms with van der Waals surface area (Å²) in [5.41, 5.74) is 4.98. The van der Waals surface area contributed by atoms with E-state index >= 15 is 0 Å². The van der Waals surface area contributed by atoms with Gasteiger partial charge in [-0.15, -0.1) is 5.70 Å². The number of carbonyl (C=O) groups excluding carboxylic acids is 2. The minimum Gasteiger partial charge on any atom is -0.662 e. The third-order valence-electron chi connectivity index (χ3n) is 7.92. The molecule has 5 rings (SSSR count). The molecule has 0 bridgehead atoms. The molecule has 1 aromatic rings. The summed E-state index contributed by atoms with van der Waals surface area (Å²) in [6.07, 6.45) is 11.9. The molecule has 2 fully saturated rings. The molecule has 0 unspecified atom stereocenters. The van der Waals surface area contributed by atoms with Crippen molar-refractivity contribution in [3.05, 3.63) is 72.2 Å². The van der Waals surface area contributed by atoms with Crippen LogP contribution >= 0.6 is 43.5 Å². The third kappa shape index (κ3) is 6.71. The molecule has 40 heavy (non-hydrogen) atoms. The van der Waals surface area contributed by atoms with Gasteiger partial charge in [-0.1, -0.05) is 55.6 Å². The highest BCUT2D eigenvalue weighted by molar-refractivity contribution is 9.12. The van der Waals surface area contributed by atoms with Crippen LogP contribution in [0.2, 0.25) is 5.02 Å². The lowest BCUT2D eigenvalue weighted by Gasteiger charge is -2.39. The predicted octanol–water partition coefficient (Wildman–Crippen LogP) is 8.67. The van der Waals surface area contributed by atoms with Crippen LogP contribution in [0, 0.1) is 11.8 Å². The highest BCUT2D eigenvalue weighted by Gasteiger charge is 2.32. The minimum atomic E-state index is -0.498. The van der Waals surface area contributed by atoms with Gasteiger partial charge in [0.1, 0.15) is 5.60 Å². The van der Waals surface area contributed by atoms with Crippen molar-refractivity contribution in [3.63, 3.8) is 0 Å². The summed E-state index contributed by atoms with van der Waals surface area (Å²) in [5, 5.41) is 5.55. The Labute approximate surface area is 258 Å². The summed E-state index contributed by atoms with van der Waals surface area (Å²) in [4.78, 5) is 29.5. The Hall–Kier alpha value is -2.03. The fourth-order valence-electron chi connectivity index (χ4n) is 5.95. The molecule has 0 atom stereocenters. The van der Waals surface area contributed by atoms with Crippen molar-refractivity contribution >= 4 is 67.1 Å². The van der Waals surface area contributed by atoms with Gasteiger partial charge in [0.15, 0.2) is 0 Å². The summed E-state index contributed by atoms with van der Waals surface area (Å²) < 4.78 is 7.41. The maximum absolute atomic E-state index is 13.3. The summed E-state index contributed by atoms with van der Waals surface area (Å²) in [5.74, 6) is 0.788. The van der Waals surface area contributed by atoms with Gasteiger partial charge in [0.2, 0.25) is 5.91 Å². The number of allylic oxidation sites excluding steroid dienone is 4. The Morgan fingerprint density at radius 2 is 1.70 bits per heavy atom. The number of hydrogen-bond acceptors (Lipinski definition) is 3. The Bertz CT molecular complexity index is 1310. The van der Waals surface area contributed by atoms with E-state index in [0.717, 1.165) is 70.1 Å². The zero-order chi connectivity index (χ0) is 28.6. The van der Waals surface area contributed by atoms with Crippen molar-refractivity contribution < 1.29 is 14.3 Å². The summed E-state index contributed by atoms with van der Waals surface area (Å²) in [6.45, 7) is 8.38. The number of rotatable bonds is 3. The summed E-state index contributed by atoms with van der Waals surface area (Å²) in [6, 6.07) is 3.96. The first-order chi connectivity index (χ1) is 19.0. The molecule has 4 aliphatic rings. The van der Waals surface area contributed by atoms with Crippen molar-refractivity contribution in [2.24, 2.45) is 11.8 Å². The maximum atomic E-state index is 13.3. The van der Waals surface area contributed by atoms with E-state index in [0.29, 0.717) is 30.5 Å². The molecule has 3 aliphatic heterocycles. The standard InChI is InChI=1S/C31H35Br2ClN3O3/c1-31(2,3)40-30(39)37-10-6-19(7-11-37)14-26(38)36-12-8-20(9-13-36)28-27-21(16-24(34)17-25(27)33)4-5-22-15-23(32)18-35-29(22)28/h4-5,15-20H,6-14H2,1-3H3/q-1. The van der Waals surface area contributed by atoms with Gasteiger partial charge in [-0.2, -0.15) is 6.20 Å². The zero-order valence-corrected chi connectivity index (χ0v) is 27.1. The van der Waals surface area contributed by atoms with E-state index in [-0.39, 0.29) is 17.9 Å². The Kier molecular flexibility index (Phi) is 8.89. The molecule has 9 heteroatoms. The van der Waals surface area contributed by atoms with E-state index in [4.69, 9.17) is 21.7 Å². The number of ether oxygens (including phenoxy) is 1. The lowest BCUT2D eigenvalue weighted by Crippen LogP contribution is -2.43. The van der Waals surface area contributed by atoms with E-state index in [9.17, 15) is 9.59 Å². The second-order valence-corrected chi connectivity index (χ2v) is 14.2. The van der Waals surface area contributed by atoms with Crippen LogP contribution in [0.15, 0.2) is 50.7 Å². The largest absolute Gasteiger partial charge is 0.662 e. The lowest BCUT2D eigenvalue weighted by atomic mass is 9.81. The van der Waals surface area contributed by atoms with Crippen LogP contribution in [0.3, 0.4) is 0 Å². The van der Waals surface area contributed by atoms with Crippen LogP contribution in [0.1, 0.15) is 64.0 Å². The zero-order valence-electron chi connectivity index (χ0n) is 23.2. The molecule has 1 aromatic carbocycles. The molecule has 0 spiro atoms. The molecule has 0 radical (unpaired) electrons. The van der Waals surface area contributed by atoms with Gasteiger partial charge in [-0.05, 0) is 103 Å². The monoisotopic (exact) mass is 690 g/mol. The number of benzene rings is 1. The van der Waals surface area contributed by atoms with Gasteiger partial charge in [0.25, 0.3) is 0 Å². The SMILES string of the molecule is CC(C)(C)OC(=O)N1CCC(CC(=O)N2CCC(C3=C4[N-]C=C(Br)C=C4C=Cc4cc(Cl)cc(Br)c43)CC2)CC1. The van der Waals surface area contributed by atoms with E-state index in [1.807, 2.05) is 44.0 Å². The van der Waals surface area contributed by atoms with Gasteiger partial charge in [-0.3, -0.25) is 4.79 Å². The predicted molar refractivity (Wildman–Crippen MR) is 168 cm³/mol. The first kappa shape index (κ1) is 29.5. The van der Waals surface area contributed by atoms with E-state index < -0.39 is 5.60 Å². The maximum Gasteiger partial charge on any atom is 0.410 e. The highest BCUT2D eigenvalue weighted by Crippen LogP contribution is 2.47. The molecule has 2 amide bonds. The van der Waals surface area contributed by atoms with Crippen LogP contribution in [-0.2, 0) is 9.53 Å². The number of hydrogen-bond donors (Lipinski definition) is 0. The van der Waals surface area contributed by atoms with Gasteiger partial charge in [-0.25, -0.2) is 4.79 Å². The fourth-order valence-corrected chi connectivity index (χ4v) is 7.35. The van der Waals surface area contributed by atoms with Crippen LogP contribution in [-0.4, -0.2) is 53.6 Å². The van der Waals surface area contributed by atoms with Gasteiger partial charge in [0.05, 0.1) is 0 Å². The molecular weight excluding hydrogens is 658 g/mol. The number of piperidine rings is 2. The van der Waals surface area contributed by atoms with Gasteiger partial charge in [0, 0.05) is 42.1 Å². The molecule has 3 heterocycles. The number of halogens is 3. The molecule has 1 aliphatic carbocycles. The molecule has 2 saturated heterocycles. The Morgan fingerprint density at radius 1 is 1.02 bits per heavy atom. The van der Waals surface area contributed by atoms with Crippen molar-refractivity contribution in [2.45, 2.75) is 58.5 Å². The number of nitrogens with zero attached hydrogens (tertiary/aromatic N) is 3. The van der Waals surface area contributed by atoms with Crippen LogP contribution in [0.25, 0.3) is 17.0 Å². The van der Waals surface area contributed by atoms with Crippen LogP contribution in [0.4, 0.5) is 4.79 Å². The van der Waals surface area contributed by atoms with Gasteiger partial charge < -0.3 is 19.9 Å². The fraction of sp³-hybridized carbons (Fsp3) is 0.484. The van der Waals surface area contributed by atoms with Crippen molar-refractivity contribution in [2.75, 3.05) is 26.2 Å². The Morgan fingerprint density at radius 3 is 2.38 bits per heavy atom. The third-order valence-corrected chi connectivity index (χ3v) is 9.20. The quantitative estimate of drug-likeness (QED) is 0.319. The smallest absolute Gasteiger partial charge is 0.410 e. The van der Waals surface area contributed by atoms with Crippen molar-refractivity contribution in [1.29, 1.82) is 0 Å². The number of amides is 2. The van der Waals surface area contributed by atoms with E-state index in [1.165, 1.54) is 5.57 Å².